The summed E-state index contributed by atoms with van der Waals surface area (Å²) in [6, 6.07) is 3.43. The summed E-state index contributed by atoms with van der Waals surface area (Å²) in [6.07, 6.45) is 0.750. The minimum Gasteiger partial charge on any atom is -0.449 e. The first-order chi connectivity index (χ1) is 14.4. The molecular formula is C21H30N4O6. The van der Waals surface area contributed by atoms with Gasteiger partial charge in [0, 0.05) is 24.7 Å². The minimum absolute atomic E-state index is 0.0423. The molecule has 0 bridgehead atoms. The Labute approximate surface area is 181 Å². The lowest BCUT2D eigenvalue weighted by molar-refractivity contribution is -0.384. The number of carbonyl (C=O) groups excluding carboxylic acids is 3. The van der Waals surface area contributed by atoms with Crippen LogP contribution in [0.4, 0.5) is 16.2 Å². The van der Waals surface area contributed by atoms with Crippen molar-refractivity contribution in [2.24, 2.45) is 5.92 Å². The number of amides is 3. The Balaban J connectivity index is 2.09. The van der Waals surface area contributed by atoms with Crippen LogP contribution in [0.25, 0.3) is 0 Å². The van der Waals surface area contributed by atoms with Crippen molar-refractivity contribution in [3.63, 3.8) is 0 Å². The average molecular weight is 434 g/mol. The zero-order valence-electron chi connectivity index (χ0n) is 18.6. The lowest BCUT2D eigenvalue weighted by atomic mass is 9.99. The molecule has 1 aliphatic rings. The third-order valence-corrected chi connectivity index (χ3v) is 4.78. The standard InChI is InChI=1S/C21H30N4O6/c1-13-7-6-10-24(12-13)16-9-8-15(11-17(16)25(29)30)19(27)31-14(2)18(26)22-20(28)23-21(3,4)5/h8-9,11,13-14H,6-7,10,12H2,1-5H3,(H2,22,23,26,28). The van der Waals surface area contributed by atoms with Crippen LogP contribution in [0, 0.1) is 16.0 Å². The van der Waals surface area contributed by atoms with E-state index < -0.39 is 34.5 Å². The van der Waals surface area contributed by atoms with Crippen molar-refractivity contribution < 1.29 is 24.0 Å². The topological polar surface area (TPSA) is 131 Å². The van der Waals surface area contributed by atoms with Crippen LogP contribution in [0.1, 0.15) is 57.8 Å². The number of carbonyl (C=O) groups is 3. The van der Waals surface area contributed by atoms with Crippen LogP contribution in [0.15, 0.2) is 18.2 Å². The van der Waals surface area contributed by atoms with Gasteiger partial charge in [0.15, 0.2) is 6.10 Å². The van der Waals surface area contributed by atoms with Crippen molar-refractivity contribution >= 4 is 29.3 Å². The summed E-state index contributed by atoms with van der Waals surface area (Å²) < 4.78 is 5.10. The molecule has 1 aliphatic heterocycles. The second-order valence-corrected chi connectivity index (χ2v) is 8.89. The molecule has 10 nitrogen and oxygen atoms in total. The number of rotatable bonds is 5. The van der Waals surface area contributed by atoms with E-state index in [0.29, 0.717) is 24.7 Å². The van der Waals surface area contributed by atoms with Gasteiger partial charge < -0.3 is 15.0 Å². The van der Waals surface area contributed by atoms with Gasteiger partial charge >= 0.3 is 12.0 Å². The molecule has 2 unspecified atom stereocenters. The number of benzene rings is 1. The molecule has 0 aliphatic carbocycles. The highest BCUT2D eigenvalue weighted by Gasteiger charge is 2.27. The van der Waals surface area contributed by atoms with Crippen LogP contribution in [0.2, 0.25) is 0 Å². The zero-order valence-corrected chi connectivity index (χ0v) is 18.6. The lowest BCUT2D eigenvalue weighted by Gasteiger charge is -2.32. The van der Waals surface area contributed by atoms with E-state index in [0.717, 1.165) is 18.9 Å². The smallest absolute Gasteiger partial charge is 0.339 e. The highest BCUT2D eigenvalue weighted by atomic mass is 16.6. The maximum atomic E-state index is 12.4. The van der Waals surface area contributed by atoms with Crippen LogP contribution in [-0.4, -0.2) is 47.6 Å². The first kappa shape index (κ1) is 24.1. The van der Waals surface area contributed by atoms with E-state index in [-0.39, 0.29) is 11.3 Å². The van der Waals surface area contributed by atoms with Gasteiger partial charge in [-0.25, -0.2) is 9.59 Å². The SMILES string of the molecule is CC1CCCN(c2ccc(C(=O)OC(C)C(=O)NC(=O)NC(C)(C)C)cc2[N+](=O)[O-])C1. The molecule has 0 saturated carbocycles. The largest absolute Gasteiger partial charge is 0.449 e. The van der Waals surface area contributed by atoms with E-state index in [1.807, 2.05) is 4.90 Å². The predicted molar refractivity (Wildman–Crippen MR) is 115 cm³/mol. The van der Waals surface area contributed by atoms with Gasteiger partial charge in [-0.2, -0.15) is 0 Å². The molecule has 2 N–H and O–H groups in total. The van der Waals surface area contributed by atoms with E-state index in [2.05, 4.69) is 17.6 Å². The summed E-state index contributed by atoms with van der Waals surface area (Å²) >= 11 is 0. The number of anilines is 1. The molecule has 3 amide bonds. The molecule has 1 fully saturated rings. The monoisotopic (exact) mass is 434 g/mol. The fourth-order valence-corrected chi connectivity index (χ4v) is 3.34. The molecule has 2 atom stereocenters. The fraction of sp³-hybridized carbons (Fsp3) is 0.571. The number of urea groups is 1. The maximum absolute atomic E-state index is 12.4. The first-order valence-corrected chi connectivity index (χ1v) is 10.2. The Hall–Kier alpha value is -3.17. The summed E-state index contributed by atoms with van der Waals surface area (Å²) in [7, 11) is 0. The van der Waals surface area contributed by atoms with Crippen LogP contribution in [-0.2, 0) is 9.53 Å². The predicted octanol–water partition coefficient (Wildman–Crippen LogP) is 3.00. The van der Waals surface area contributed by atoms with Gasteiger partial charge in [-0.15, -0.1) is 0 Å². The number of nitro groups is 1. The minimum atomic E-state index is -1.26. The molecule has 1 aromatic carbocycles. The van der Waals surface area contributed by atoms with Crippen molar-refractivity contribution in [3.8, 4) is 0 Å². The van der Waals surface area contributed by atoms with E-state index in [1.165, 1.54) is 19.1 Å². The Morgan fingerprint density at radius 1 is 1.29 bits per heavy atom. The van der Waals surface area contributed by atoms with Gasteiger partial charge in [0.25, 0.3) is 11.6 Å². The van der Waals surface area contributed by atoms with Crippen molar-refractivity contribution in [2.75, 3.05) is 18.0 Å². The number of nitrogens with zero attached hydrogens (tertiary/aromatic N) is 2. The third kappa shape index (κ3) is 6.94. The molecule has 0 radical (unpaired) electrons. The average Bonchev–Trinajstić information content (AvgIpc) is 2.65. The number of hydrogen-bond acceptors (Lipinski definition) is 7. The number of hydrogen-bond donors (Lipinski definition) is 2. The fourth-order valence-electron chi connectivity index (χ4n) is 3.34. The summed E-state index contributed by atoms with van der Waals surface area (Å²) in [6.45, 7) is 10.1. The Morgan fingerprint density at radius 2 is 1.97 bits per heavy atom. The van der Waals surface area contributed by atoms with Crippen LogP contribution in [0.5, 0.6) is 0 Å². The summed E-state index contributed by atoms with van der Waals surface area (Å²) in [5.41, 5.74) is -0.320. The lowest BCUT2D eigenvalue weighted by Crippen LogP contribution is -2.50. The van der Waals surface area contributed by atoms with Gasteiger partial charge in [-0.1, -0.05) is 6.92 Å². The second-order valence-electron chi connectivity index (χ2n) is 8.89. The Kier molecular flexibility index (Phi) is 7.59. The number of nitrogens with one attached hydrogen (secondary N) is 2. The molecule has 2 rings (SSSR count). The van der Waals surface area contributed by atoms with Crippen LogP contribution in [0.3, 0.4) is 0 Å². The maximum Gasteiger partial charge on any atom is 0.339 e. The van der Waals surface area contributed by atoms with E-state index in [4.69, 9.17) is 4.74 Å². The molecular weight excluding hydrogens is 404 g/mol. The van der Waals surface area contributed by atoms with Crippen molar-refractivity contribution in [1.82, 2.24) is 10.6 Å². The normalized spacial score (nSPS) is 17.5. The molecule has 1 saturated heterocycles. The van der Waals surface area contributed by atoms with Crippen molar-refractivity contribution in [2.45, 2.75) is 59.1 Å². The molecule has 1 aromatic rings. The van der Waals surface area contributed by atoms with Crippen molar-refractivity contribution in [3.05, 3.63) is 33.9 Å². The van der Waals surface area contributed by atoms with E-state index in [9.17, 15) is 24.5 Å². The van der Waals surface area contributed by atoms with Gasteiger partial charge in [-0.3, -0.25) is 20.2 Å². The number of ether oxygens (including phenoxy) is 1. The van der Waals surface area contributed by atoms with E-state index in [1.54, 1.807) is 20.8 Å². The molecule has 31 heavy (non-hydrogen) atoms. The molecule has 0 aromatic heterocycles. The van der Waals surface area contributed by atoms with Gasteiger partial charge in [-0.05, 0) is 58.6 Å². The number of imide groups is 1. The molecule has 10 heteroatoms. The van der Waals surface area contributed by atoms with Crippen molar-refractivity contribution in [1.29, 1.82) is 0 Å². The zero-order chi connectivity index (χ0) is 23.3. The van der Waals surface area contributed by atoms with Gasteiger partial charge in [0.05, 0.1) is 10.5 Å². The summed E-state index contributed by atoms with van der Waals surface area (Å²) in [4.78, 5) is 49.4. The molecule has 170 valence electrons. The number of esters is 1. The molecule has 0 spiro atoms. The van der Waals surface area contributed by atoms with Gasteiger partial charge in [0.2, 0.25) is 0 Å². The third-order valence-electron chi connectivity index (χ3n) is 4.78. The highest BCUT2D eigenvalue weighted by molar-refractivity contribution is 5.99. The first-order valence-electron chi connectivity index (χ1n) is 10.2. The number of piperidine rings is 1. The van der Waals surface area contributed by atoms with Gasteiger partial charge in [0.1, 0.15) is 5.69 Å². The van der Waals surface area contributed by atoms with E-state index >= 15 is 0 Å². The highest BCUT2D eigenvalue weighted by Crippen LogP contribution is 2.32. The van der Waals surface area contributed by atoms with Crippen LogP contribution < -0.4 is 15.5 Å². The second kappa shape index (κ2) is 9.76. The molecule has 1 heterocycles. The summed E-state index contributed by atoms with van der Waals surface area (Å²) in [5.74, 6) is -1.27. The number of nitro benzene ring substituents is 1. The quantitative estimate of drug-likeness (QED) is 0.414. The summed E-state index contributed by atoms with van der Waals surface area (Å²) in [5, 5.41) is 16.3. The Morgan fingerprint density at radius 3 is 2.55 bits per heavy atom. The Bertz CT molecular complexity index is 864. The van der Waals surface area contributed by atoms with Crippen LogP contribution >= 0.6 is 0 Å².